The average Bonchev–Trinajstić information content (AvgIpc) is 2.10. The number of carboxylic acid groups (broad SMARTS) is 2. The third-order valence-corrected chi connectivity index (χ3v) is 1.58. The topological polar surface area (TPSA) is 121 Å². The van der Waals surface area contributed by atoms with Crippen molar-refractivity contribution in [2.45, 2.75) is 12.8 Å². The van der Waals surface area contributed by atoms with Gasteiger partial charge < -0.3 is 30.0 Å². The standard InChI is InChI=1S/C8H12O6/c9-3-1-5(7(11)12)6(2-4-10)8(13)14/h9-10H,1-4H2,(H,11,12)(H,13,14)/p-2/b6-5-. The summed E-state index contributed by atoms with van der Waals surface area (Å²) < 4.78 is 0. The molecule has 0 unspecified atom stereocenters. The number of carboxylic acids is 2. The molecule has 2 N–H and O–H groups in total. The quantitative estimate of drug-likeness (QED) is 0.432. The summed E-state index contributed by atoms with van der Waals surface area (Å²) in [5, 5.41) is 37.9. The van der Waals surface area contributed by atoms with Gasteiger partial charge in [0, 0.05) is 13.2 Å². The summed E-state index contributed by atoms with van der Waals surface area (Å²) in [6.07, 6.45) is -0.683. The maximum absolute atomic E-state index is 10.5. The molecule has 0 aromatic carbocycles. The number of hydrogen-bond donors (Lipinski definition) is 2. The second-order valence-corrected chi connectivity index (χ2v) is 2.48. The highest BCUT2D eigenvalue weighted by Gasteiger charge is 2.08. The van der Waals surface area contributed by atoms with Crippen molar-refractivity contribution >= 4 is 11.9 Å². The van der Waals surface area contributed by atoms with Gasteiger partial charge in [-0.15, -0.1) is 0 Å². The van der Waals surface area contributed by atoms with Crippen LogP contribution in [0.1, 0.15) is 12.8 Å². The van der Waals surface area contributed by atoms with Crippen LogP contribution in [-0.4, -0.2) is 35.4 Å². The Morgan fingerprint density at radius 2 is 1.14 bits per heavy atom. The molecule has 6 nitrogen and oxygen atoms in total. The van der Waals surface area contributed by atoms with E-state index in [0.717, 1.165) is 0 Å². The van der Waals surface area contributed by atoms with Gasteiger partial charge >= 0.3 is 0 Å². The Bertz CT molecular complexity index is 229. The normalized spacial score (nSPS) is 12.1. The molecule has 0 aromatic heterocycles. The minimum atomic E-state index is -1.67. The zero-order valence-corrected chi connectivity index (χ0v) is 7.36. The number of aliphatic carboxylic acids is 2. The van der Waals surface area contributed by atoms with Gasteiger partial charge in [0.15, 0.2) is 0 Å². The second-order valence-electron chi connectivity index (χ2n) is 2.48. The molecule has 0 aromatic rings. The van der Waals surface area contributed by atoms with E-state index in [1.54, 1.807) is 0 Å². The lowest BCUT2D eigenvalue weighted by Crippen LogP contribution is -2.32. The van der Waals surface area contributed by atoms with Crippen molar-refractivity contribution in [3.05, 3.63) is 11.1 Å². The van der Waals surface area contributed by atoms with Gasteiger partial charge in [0.05, 0.1) is 11.9 Å². The fraction of sp³-hybridized carbons (Fsp3) is 0.500. The summed E-state index contributed by atoms with van der Waals surface area (Å²) in [5.74, 6) is -3.35. The third kappa shape index (κ3) is 3.55. The maximum Gasteiger partial charge on any atom is 0.0679 e. The maximum atomic E-state index is 10.5. The van der Waals surface area contributed by atoms with Crippen molar-refractivity contribution in [2.24, 2.45) is 0 Å². The van der Waals surface area contributed by atoms with Crippen LogP contribution in [0.4, 0.5) is 0 Å². The minimum absolute atomic E-state index is 0.342. The zero-order chi connectivity index (χ0) is 11.1. The van der Waals surface area contributed by atoms with Gasteiger partial charge in [0.2, 0.25) is 0 Å². The van der Waals surface area contributed by atoms with Crippen molar-refractivity contribution in [1.29, 1.82) is 0 Å². The highest BCUT2D eigenvalue weighted by atomic mass is 16.4. The Balaban J connectivity index is 5.03. The summed E-state index contributed by atoms with van der Waals surface area (Å²) in [5.41, 5.74) is -1.08. The number of carbonyl (C=O) groups is 2. The first-order valence-electron chi connectivity index (χ1n) is 3.91. The first kappa shape index (κ1) is 12.6. The van der Waals surface area contributed by atoms with E-state index >= 15 is 0 Å². The molecule has 0 aliphatic carbocycles. The van der Waals surface area contributed by atoms with E-state index < -0.39 is 36.3 Å². The van der Waals surface area contributed by atoms with E-state index in [9.17, 15) is 19.8 Å². The van der Waals surface area contributed by atoms with Crippen LogP contribution in [0.5, 0.6) is 0 Å². The third-order valence-electron chi connectivity index (χ3n) is 1.58. The van der Waals surface area contributed by atoms with Gasteiger partial charge in [-0.1, -0.05) is 0 Å². The first-order valence-corrected chi connectivity index (χ1v) is 3.91. The van der Waals surface area contributed by atoms with Gasteiger partial charge in [-0.25, -0.2) is 0 Å². The second kappa shape index (κ2) is 6.11. The zero-order valence-electron chi connectivity index (χ0n) is 7.36. The van der Waals surface area contributed by atoms with E-state index in [1.165, 1.54) is 0 Å². The SMILES string of the molecule is O=C([O-])/C(CCO)=C(/CCO)C(=O)[O-]. The molecule has 0 radical (unpaired) electrons. The molecular formula is C8H10O6-2. The smallest absolute Gasteiger partial charge is 0.0679 e. The van der Waals surface area contributed by atoms with Crippen LogP contribution in [0.2, 0.25) is 0 Å². The monoisotopic (exact) mass is 202 g/mol. The molecule has 0 aliphatic heterocycles. The lowest BCUT2D eigenvalue weighted by Gasteiger charge is -2.15. The van der Waals surface area contributed by atoms with E-state index in [2.05, 4.69) is 0 Å². The van der Waals surface area contributed by atoms with Crippen LogP contribution in [0.3, 0.4) is 0 Å². The van der Waals surface area contributed by atoms with Crippen molar-refractivity contribution in [2.75, 3.05) is 13.2 Å². The van der Waals surface area contributed by atoms with Crippen LogP contribution in [0.15, 0.2) is 11.1 Å². The summed E-state index contributed by atoms with van der Waals surface area (Å²) >= 11 is 0. The van der Waals surface area contributed by atoms with Gasteiger partial charge in [0.1, 0.15) is 0 Å². The molecule has 80 valence electrons. The highest BCUT2D eigenvalue weighted by molar-refractivity contribution is 5.97. The number of rotatable bonds is 6. The van der Waals surface area contributed by atoms with Gasteiger partial charge in [0.25, 0.3) is 0 Å². The molecule has 0 aliphatic rings. The molecule has 0 rings (SSSR count). The Labute approximate surface area is 80.1 Å². The fourth-order valence-corrected chi connectivity index (χ4v) is 0.976. The van der Waals surface area contributed by atoms with E-state index in [-0.39, 0.29) is 12.8 Å². The van der Waals surface area contributed by atoms with Crippen LogP contribution in [0.25, 0.3) is 0 Å². The van der Waals surface area contributed by atoms with Gasteiger partial charge in [-0.05, 0) is 24.0 Å². The molecule has 14 heavy (non-hydrogen) atoms. The number of hydrogen-bond acceptors (Lipinski definition) is 6. The average molecular weight is 202 g/mol. The Hall–Kier alpha value is -1.40. The molecule has 0 spiro atoms. The Morgan fingerprint density at radius 1 is 0.857 bits per heavy atom. The molecule has 0 amide bonds. The molecule has 0 fully saturated rings. The molecule has 0 saturated heterocycles. The number of aliphatic hydroxyl groups excluding tert-OH is 2. The minimum Gasteiger partial charge on any atom is -0.545 e. The van der Waals surface area contributed by atoms with Crippen LogP contribution >= 0.6 is 0 Å². The lowest BCUT2D eigenvalue weighted by molar-refractivity contribution is -0.304. The first-order chi connectivity index (χ1) is 6.54. The molecule has 0 bridgehead atoms. The lowest BCUT2D eigenvalue weighted by atomic mass is 10.0. The summed E-state index contributed by atoms with van der Waals surface area (Å²) in [4.78, 5) is 20.9. The summed E-state index contributed by atoms with van der Waals surface area (Å²) in [6.45, 7) is -1.02. The van der Waals surface area contributed by atoms with Crippen molar-refractivity contribution in [3.63, 3.8) is 0 Å². The predicted molar refractivity (Wildman–Crippen MR) is 40.4 cm³/mol. The van der Waals surface area contributed by atoms with Crippen LogP contribution in [-0.2, 0) is 9.59 Å². The molecule has 0 heterocycles. The Kier molecular flexibility index (Phi) is 5.50. The largest absolute Gasteiger partial charge is 0.545 e. The van der Waals surface area contributed by atoms with E-state index in [1.807, 2.05) is 0 Å². The van der Waals surface area contributed by atoms with Gasteiger partial charge in [-0.2, -0.15) is 0 Å². The fourth-order valence-electron chi connectivity index (χ4n) is 0.976. The van der Waals surface area contributed by atoms with E-state index in [0.29, 0.717) is 0 Å². The summed E-state index contributed by atoms with van der Waals surface area (Å²) in [6, 6.07) is 0. The van der Waals surface area contributed by atoms with Crippen molar-refractivity contribution in [1.82, 2.24) is 0 Å². The summed E-state index contributed by atoms with van der Waals surface area (Å²) in [7, 11) is 0. The van der Waals surface area contributed by atoms with Crippen LogP contribution < -0.4 is 10.2 Å². The van der Waals surface area contributed by atoms with E-state index in [4.69, 9.17) is 10.2 Å². The van der Waals surface area contributed by atoms with Crippen molar-refractivity contribution in [3.8, 4) is 0 Å². The predicted octanol–water partition coefficient (Wildman–Crippen LogP) is -3.45. The molecular weight excluding hydrogens is 192 g/mol. The highest BCUT2D eigenvalue weighted by Crippen LogP contribution is 2.11. The van der Waals surface area contributed by atoms with Gasteiger partial charge in [-0.3, -0.25) is 0 Å². The molecule has 6 heteroatoms. The number of aliphatic hydroxyl groups is 2. The van der Waals surface area contributed by atoms with Crippen LogP contribution in [0, 0.1) is 0 Å². The molecule has 0 atom stereocenters. The number of carbonyl (C=O) groups excluding carboxylic acids is 2. The van der Waals surface area contributed by atoms with Crippen molar-refractivity contribution < 1.29 is 30.0 Å². The Morgan fingerprint density at radius 3 is 1.29 bits per heavy atom. The molecule has 0 saturated carbocycles.